The molecule has 0 amide bonds. The van der Waals surface area contributed by atoms with E-state index < -0.39 is 11.7 Å². The third kappa shape index (κ3) is 3.92. The zero-order valence-corrected chi connectivity index (χ0v) is 14.8. The summed E-state index contributed by atoms with van der Waals surface area (Å²) in [6, 6.07) is 13.8. The molecule has 2 aromatic carbocycles. The van der Waals surface area contributed by atoms with E-state index in [1.165, 1.54) is 14.0 Å². The van der Waals surface area contributed by atoms with Gasteiger partial charge in [-0.15, -0.1) is 0 Å². The standard InChI is InChI=1S/C19H15ClN2O4/c1-11(23)26-17-8-5-13(9-18(17)25-2)16-10-15(21-19(24)22-16)12-3-6-14(20)7-4-12/h3-10H,1-2H3,(H,21,22,24). The van der Waals surface area contributed by atoms with Crippen LogP contribution in [0.1, 0.15) is 6.92 Å². The minimum atomic E-state index is -0.476. The number of nitrogens with zero attached hydrogens (tertiary/aromatic N) is 1. The lowest BCUT2D eigenvalue weighted by atomic mass is 10.1. The molecule has 0 spiro atoms. The number of benzene rings is 2. The van der Waals surface area contributed by atoms with Crippen molar-refractivity contribution in [3.05, 3.63) is 64.0 Å². The predicted octanol–water partition coefficient (Wildman–Crippen LogP) is 3.69. The van der Waals surface area contributed by atoms with Crippen molar-refractivity contribution in [1.29, 1.82) is 0 Å². The Morgan fingerprint density at radius 1 is 1.04 bits per heavy atom. The van der Waals surface area contributed by atoms with Crippen LogP contribution in [0.25, 0.3) is 22.5 Å². The number of nitrogens with one attached hydrogen (secondary N) is 1. The highest BCUT2D eigenvalue weighted by Crippen LogP contribution is 2.32. The summed E-state index contributed by atoms with van der Waals surface area (Å²) in [7, 11) is 1.47. The van der Waals surface area contributed by atoms with E-state index in [9.17, 15) is 9.59 Å². The first-order valence-corrected chi connectivity index (χ1v) is 8.08. The second kappa shape index (κ2) is 7.41. The molecule has 3 aromatic rings. The van der Waals surface area contributed by atoms with Crippen molar-refractivity contribution in [3.63, 3.8) is 0 Å². The smallest absolute Gasteiger partial charge is 0.345 e. The third-order valence-electron chi connectivity index (χ3n) is 3.61. The number of halogens is 1. The van der Waals surface area contributed by atoms with Gasteiger partial charge < -0.3 is 14.5 Å². The number of methoxy groups -OCH3 is 1. The van der Waals surface area contributed by atoms with E-state index in [-0.39, 0.29) is 0 Å². The minimum absolute atomic E-state index is 0.304. The summed E-state index contributed by atoms with van der Waals surface area (Å²) in [4.78, 5) is 29.9. The highest BCUT2D eigenvalue weighted by molar-refractivity contribution is 6.30. The van der Waals surface area contributed by atoms with Crippen LogP contribution < -0.4 is 15.2 Å². The van der Waals surface area contributed by atoms with Crippen LogP contribution in [0, 0.1) is 0 Å². The molecular formula is C19H15ClN2O4. The molecule has 7 heteroatoms. The number of ether oxygens (including phenoxy) is 2. The quantitative estimate of drug-likeness (QED) is 0.559. The lowest BCUT2D eigenvalue weighted by Crippen LogP contribution is -2.12. The first-order chi connectivity index (χ1) is 12.5. The van der Waals surface area contributed by atoms with Gasteiger partial charge in [-0.2, -0.15) is 4.98 Å². The summed E-state index contributed by atoms with van der Waals surface area (Å²) in [6.07, 6.45) is 0. The number of hydrogen-bond acceptors (Lipinski definition) is 5. The number of aromatic nitrogens is 2. The van der Waals surface area contributed by atoms with E-state index in [1.807, 2.05) is 0 Å². The average Bonchev–Trinajstić information content (AvgIpc) is 2.61. The van der Waals surface area contributed by atoms with E-state index in [2.05, 4.69) is 9.97 Å². The Bertz CT molecular complexity index is 1010. The molecule has 3 rings (SSSR count). The van der Waals surface area contributed by atoms with Gasteiger partial charge >= 0.3 is 11.7 Å². The fourth-order valence-electron chi connectivity index (χ4n) is 2.46. The second-order valence-electron chi connectivity index (χ2n) is 5.45. The molecule has 0 bridgehead atoms. The van der Waals surface area contributed by atoms with Crippen molar-refractivity contribution in [2.75, 3.05) is 7.11 Å². The molecule has 26 heavy (non-hydrogen) atoms. The molecule has 6 nitrogen and oxygen atoms in total. The summed E-state index contributed by atoms with van der Waals surface area (Å²) in [5.41, 5.74) is 2.05. The lowest BCUT2D eigenvalue weighted by molar-refractivity contribution is -0.132. The SMILES string of the molecule is COc1cc(-c2cc(-c3ccc(Cl)cc3)nc(=O)[nH]2)ccc1OC(C)=O. The summed E-state index contributed by atoms with van der Waals surface area (Å²) in [5.74, 6) is 0.236. The zero-order valence-electron chi connectivity index (χ0n) is 14.1. The molecule has 0 radical (unpaired) electrons. The Labute approximate surface area is 154 Å². The maximum atomic E-state index is 12.0. The van der Waals surface area contributed by atoms with Crippen molar-refractivity contribution < 1.29 is 14.3 Å². The first-order valence-electron chi connectivity index (χ1n) is 7.70. The van der Waals surface area contributed by atoms with Gasteiger partial charge in [0.25, 0.3) is 0 Å². The number of rotatable bonds is 4. The van der Waals surface area contributed by atoms with Crippen LogP contribution in [0.15, 0.2) is 53.3 Å². The number of hydrogen-bond donors (Lipinski definition) is 1. The number of aromatic amines is 1. The van der Waals surface area contributed by atoms with Crippen LogP contribution in [0.3, 0.4) is 0 Å². The summed E-state index contributed by atoms with van der Waals surface area (Å²) >= 11 is 5.90. The minimum Gasteiger partial charge on any atom is -0.493 e. The molecule has 0 unspecified atom stereocenters. The summed E-state index contributed by atoms with van der Waals surface area (Å²) in [6.45, 7) is 1.31. The van der Waals surface area contributed by atoms with Gasteiger partial charge in [0.1, 0.15) is 0 Å². The van der Waals surface area contributed by atoms with E-state index in [1.54, 1.807) is 48.5 Å². The van der Waals surface area contributed by atoms with Gasteiger partial charge in [0, 0.05) is 23.1 Å². The van der Waals surface area contributed by atoms with Gasteiger partial charge in [0.15, 0.2) is 11.5 Å². The fraction of sp³-hybridized carbons (Fsp3) is 0.105. The zero-order chi connectivity index (χ0) is 18.7. The van der Waals surface area contributed by atoms with Gasteiger partial charge in [-0.05, 0) is 36.4 Å². The van der Waals surface area contributed by atoms with Gasteiger partial charge in [0.2, 0.25) is 0 Å². The number of esters is 1. The molecule has 1 aromatic heterocycles. The second-order valence-corrected chi connectivity index (χ2v) is 5.89. The molecule has 1 N–H and O–H groups in total. The molecule has 0 aliphatic carbocycles. The Morgan fingerprint density at radius 3 is 2.38 bits per heavy atom. The normalized spacial score (nSPS) is 10.4. The van der Waals surface area contributed by atoms with E-state index in [0.29, 0.717) is 33.5 Å². The molecule has 0 aliphatic heterocycles. The van der Waals surface area contributed by atoms with Gasteiger partial charge in [-0.3, -0.25) is 4.79 Å². The van der Waals surface area contributed by atoms with Crippen LogP contribution in [0.2, 0.25) is 5.02 Å². The summed E-state index contributed by atoms with van der Waals surface area (Å²) in [5, 5.41) is 0.601. The molecule has 0 saturated heterocycles. The van der Waals surface area contributed by atoms with Crippen LogP contribution in [-0.4, -0.2) is 23.0 Å². The van der Waals surface area contributed by atoms with Gasteiger partial charge in [0.05, 0.1) is 18.5 Å². The van der Waals surface area contributed by atoms with Crippen LogP contribution in [-0.2, 0) is 4.79 Å². The molecular weight excluding hydrogens is 356 g/mol. The number of H-pyrrole nitrogens is 1. The van der Waals surface area contributed by atoms with Crippen molar-refractivity contribution >= 4 is 17.6 Å². The average molecular weight is 371 g/mol. The first kappa shape index (κ1) is 17.7. The topological polar surface area (TPSA) is 81.3 Å². The Morgan fingerprint density at radius 2 is 1.73 bits per heavy atom. The van der Waals surface area contributed by atoms with Crippen molar-refractivity contribution in [2.24, 2.45) is 0 Å². The Balaban J connectivity index is 2.05. The Hall–Kier alpha value is -3.12. The maximum absolute atomic E-state index is 12.0. The fourth-order valence-corrected chi connectivity index (χ4v) is 2.58. The molecule has 132 valence electrons. The molecule has 0 fully saturated rings. The van der Waals surface area contributed by atoms with Crippen LogP contribution in [0.5, 0.6) is 11.5 Å². The largest absolute Gasteiger partial charge is 0.493 e. The van der Waals surface area contributed by atoms with E-state index in [0.717, 1.165) is 5.56 Å². The summed E-state index contributed by atoms with van der Waals surface area (Å²) < 4.78 is 10.4. The Kier molecular flexibility index (Phi) is 5.04. The van der Waals surface area contributed by atoms with Gasteiger partial charge in [-0.1, -0.05) is 23.7 Å². The number of carbonyl (C=O) groups is 1. The van der Waals surface area contributed by atoms with Gasteiger partial charge in [-0.25, -0.2) is 4.79 Å². The highest BCUT2D eigenvalue weighted by atomic mass is 35.5. The van der Waals surface area contributed by atoms with E-state index in [4.69, 9.17) is 21.1 Å². The predicted molar refractivity (Wildman–Crippen MR) is 98.6 cm³/mol. The highest BCUT2D eigenvalue weighted by Gasteiger charge is 2.11. The molecule has 0 saturated carbocycles. The monoisotopic (exact) mass is 370 g/mol. The number of carbonyl (C=O) groups excluding carboxylic acids is 1. The maximum Gasteiger partial charge on any atom is 0.345 e. The van der Waals surface area contributed by atoms with Crippen LogP contribution in [0.4, 0.5) is 0 Å². The van der Waals surface area contributed by atoms with E-state index >= 15 is 0 Å². The van der Waals surface area contributed by atoms with Crippen LogP contribution >= 0.6 is 11.6 Å². The van der Waals surface area contributed by atoms with Crippen molar-refractivity contribution in [3.8, 4) is 34.0 Å². The van der Waals surface area contributed by atoms with Crippen molar-refractivity contribution in [1.82, 2.24) is 9.97 Å². The molecule has 1 heterocycles. The van der Waals surface area contributed by atoms with Crippen molar-refractivity contribution in [2.45, 2.75) is 6.92 Å². The molecule has 0 atom stereocenters. The lowest BCUT2D eigenvalue weighted by Gasteiger charge is -2.10. The molecule has 0 aliphatic rings. The third-order valence-corrected chi connectivity index (χ3v) is 3.86.